The van der Waals surface area contributed by atoms with E-state index in [1.807, 2.05) is 0 Å². The van der Waals surface area contributed by atoms with E-state index in [0.29, 0.717) is 57.3 Å². The first kappa shape index (κ1) is 21.0. The molecule has 0 aromatic heterocycles. The summed E-state index contributed by atoms with van der Waals surface area (Å²) in [6.07, 6.45) is 0.0792. The monoisotopic (exact) mass is 456 g/mol. The summed E-state index contributed by atoms with van der Waals surface area (Å²) in [5.41, 5.74) is 2.11. The first-order valence-electron chi connectivity index (χ1n) is 9.53. The van der Waals surface area contributed by atoms with Crippen LogP contribution in [0.3, 0.4) is 0 Å². The van der Waals surface area contributed by atoms with E-state index in [2.05, 4.69) is 10.6 Å². The van der Waals surface area contributed by atoms with Gasteiger partial charge in [-0.25, -0.2) is 0 Å². The van der Waals surface area contributed by atoms with Gasteiger partial charge in [-0.1, -0.05) is 35.3 Å². The van der Waals surface area contributed by atoms with E-state index in [-0.39, 0.29) is 18.2 Å². The van der Waals surface area contributed by atoms with Crippen LogP contribution in [0.25, 0.3) is 0 Å². The summed E-state index contributed by atoms with van der Waals surface area (Å²) >= 11 is 12.1. The van der Waals surface area contributed by atoms with Crippen molar-refractivity contribution in [1.29, 1.82) is 0 Å². The van der Waals surface area contributed by atoms with Crippen LogP contribution in [-0.4, -0.2) is 25.0 Å². The van der Waals surface area contributed by atoms with Gasteiger partial charge in [0.15, 0.2) is 11.5 Å². The highest BCUT2D eigenvalue weighted by atomic mass is 35.5. The quantitative estimate of drug-likeness (QED) is 0.553. The molecule has 31 heavy (non-hydrogen) atoms. The predicted molar refractivity (Wildman–Crippen MR) is 121 cm³/mol. The molecule has 0 bridgehead atoms. The first-order valence-corrected chi connectivity index (χ1v) is 10.3. The third-order valence-electron chi connectivity index (χ3n) is 4.58. The van der Waals surface area contributed by atoms with Gasteiger partial charge >= 0.3 is 0 Å². The zero-order chi connectivity index (χ0) is 21.8. The van der Waals surface area contributed by atoms with E-state index >= 15 is 0 Å². The molecule has 0 unspecified atom stereocenters. The minimum atomic E-state index is -0.308. The molecule has 0 atom stereocenters. The zero-order valence-corrected chi connectivity index (χ0v) is 17.8. The molecule has 1 aliphatic heterocycles. The molecular formula is C23H18Cl2N2O4. The number of amides is 2. The maximum atomic E-state index is 12.7. The Balaban J connectivity index is 1.46. The standard InChI is InChI=1S/C23H18Cl2N2O4/c24-16-7-5-15(6-8-16)23(29)27-19-4-2-1-3-18(19)26-21(28)13-14-11-17(25)22-20(12-14)30-9-10-31-22/h1-8,11-12H,9-10,13H2,(H,26,28)(H,27,29). The van der Waals surface area contributed by atoms with Crippen LogP contribution in [0.1, 0.15) is 15.9 Å². The Morgan fingerprint density at radius 1 is 0.871 bits per heavy atom. The Labute approximate surface area is 189 Å². The molecule has 0 fully saturated rings. The van der Waals surface area contributed by atoms with E-state index < -0.39 is 0 Å². The number of nitrogens with one attached hydrogen (secondary N) is 2. The van der Waals surface area contributed by atoms with Crippen molar-refractivity contribution in [3.05, 3.63) is 81.8 Å². The molecule has 0 radical (unpaired) electrons. The van der Waals surface area contributed by atoms with E-state index in [0.717, 1.165) is 0 Å². The highest BCUT2D eigenvalue weighted by Gasteiger charge is 2.18. The van der Waals surface area contributed by atoms with Gasteiger partial charge in [0.2, 0.25) is 5.91 Å². The summed E-state index contributed by atoms with van der Waals surface area (Å²) in [4.78, 5) is 25.2. The SMILES string of the molecule is O=C(Cc1cc(Cl)c2c(c1)OCCO2)Nc1ccccc1NC(=O)c1ccc(Cl)cc1. The molecule has 3 aromatic rings. The molecule has 0 aliphatic carbocycles. The Morgan fingerprint density at radius 2 is 1.55 bits per heavy atom. The lowest BCUT2D eigenvalue weighted by Crippen LogP contribution is -2.19. The van der Waals surface area contributed by atoms with Crippen molar-refractivity contribution in [2.45, 2.75) is 6.42 Å². The highest BCUT2D eigenvalue weighted by Crippen LogP contribution is 2.38. The normalized spacial score (nSPS) is 12.2. The van der Waals surface area contributed by atoms with Crippen molar-refractivity contribution in [2.24, 2.45) is 0 Å². The maximum Gasteiger partial charge on any atom is 0.255 e. The fourth-order valence-electron chi connectivity index (χ4n) is 3.14. The third kappa shape index (κ3) is 5.10. The lowest BCUT2D eigenvalue weighted by molar-refractivity contribution is -0.115. The number of ether oxygens (including phenoxy) is 2. The van der Waals surface area contributed by atoms with Gasteiger partial charge in [0.05, 0.1) is 22.8 Å². The molecule has 8 heteroatoms. The number of anilines is 2. The second-order valence-electron chi connectivity index (χ2n) is 6.83. The summed E-state index contributed by atoms with van der Waals surface area (Å²) in [5.74, 6) is 0.447. The van der Waals surface area contributed by atoms with Gasteiger partial charge in [-0.15, -0.1) is 0 Å². The highest BCUT2D eigenvalue weighted by molar-refractivity contribution is 6.32. The predicted octanol–water partition coefficient (Wildman–Crippen LogP) is 5.20. The molecule has 158 valence electrons. The number of hydrogen-bond acceptors (Lipinski definition) is 4. The molecule has 0 saturated heterocycles. The lowest BCUT2D eigenvalue weighted by Gasteiger charge is -2.20. The van der Waals surface area contributed by atoms with Gasteiger partial charge < -0.3 is 20.1 Å². The summed E-state index contributed by atoms with van der Waals surface area (Å²) in [5, 5.41) is 6.59. The van der Waals surface area contributed by atoms with Gasteiger partial charge in [0, 0.05) is 10.6 Å². The Morgan fingerprint density at radius 3 is 2.29 bits per heavy atom. The van der Waals surface area contributed by atoms with Gasteiger partial charge in [-0.05, 0) is 54.1 Å². The van der Waals surface area contributed by atoms with Crippen LogP contribution in [0.4, 0.5) is 11.4 Å². The number of fused-ring (bicyclic) bond motifs is 1. The van der Waals surface area contributed by atoms with Gasteiger partial charge in [-0.3, -0.25) is 9.59 Å². The molecule has 6 nitrogen and oxygen atoms in total. The molecule has 4 rings (SSSR count). The van der Waals surface area contributed by atoms with Crippen LogP contribution in [0.2, 0.25) is 10.0 Å². The van der Waals surface area contributed by atoms with Crippen molar-refractivity contribution in [3.8, 4) is 11.5 Å². The summed E-state index contributed by atoms with van der Waals surface area (Å²) in [7, 11) is 0. The van der Waals surface area contributed by atoms with Crippen LogP contribution >= 0.6 is 23.2 Å². The van der Waals surface area contributed by atoms with Gasteiger partial charge in [0.25, 0.3) is 5.91 Å². The van der Waals surface area contributed by atoms with Crippen molar-refractivity contribution in [1.82, 2.24) is 0 Å². The number of para-hydroxylation sites is 2. The van der Waals surface area contributed by atoms with E-state index in [4.69, 9.17) is 32.7 Å². The second-order valence-corrected chi connectivity index (χ2v) is 7.68. The van der Waals surface area contributed by atoms with Crippen molar-refractivity contribution < 1.29 is 19.1 Å². The number of carbonyl (C=O) groups excluding carboxylic acids is 2. The van der Waals surface area contributed by atoms with Crippen molar-refractivity contribution in [2.75, 3.05) is 23.8 Å². The van der Waals surface area contributed by atoms with Crippen LogP contribution < -0.4 is 20.1 Å². The van der Waals surface area contributed by atoms with Crippen LogP contribution in [0.15, 0.2) is 60.7 Å². The first-order chi connectivity index (χ1) is 15.0. The number of rotatable bonds is 5. The molecule has 0 spiro atoms. The molecular weight excluding hydrogens is 439 g/mol. The number of halogens is 2. The average molecular weight is 457 g/mol. The molecule has 1 aliphatic rings. The zero-order valence-electron chi connectivity index (χ0n) is 16.3. The smallest absolute Gasteiger partial charge is 0.255 e. The number of hydrogen-bond donors (Lipinski definition) is 2. The molecule has 2 amide bonds. The summed E-state index contributed by atoms with van der Waals surface area (Å²) in [6, 6.07) is 16.9. The minimum absolute atomic E-state index is 0.0792. The van der Waals surface area contributed by atoms with Gasteiger partial charge in [-0.2, -0.15) is 0 Å². The maximum absolute atomic E-state index is 12.7. The topological polar surface area (TPSA) is 76.7 Å². The fourth-order valence-corrected chi connectivity index (χ4v) is 3.56. The molecule has 1 heterocycles. The van der Waals surface area contributed by atoms with Crippen LogP contribution in [0.5, 0.6) is 11.5 Å². The fraction of sp³-hybridized carbons (Fsp3) is 0.130. The van der Waals surface area contributed by atoms with Crippen molar-refractivity contribution in [3.63, 3.8) is 0 Å². The Kier molecular flexibility index (Phi) is 6.30. The molecule has 2 N–H and O–H groups in total. The Hall–Kier alpha value is -3.22. The lowest BCUT2D eigenvalue weighted by atomic mass is 10.1. The molecule has 0 saturated carbocycles. The van der Waals surface area contributed by atoms with E-state index in [9.17, 15) is 9.59 Å². The van der Waals surface area contributed by atoms with E-state index in [1.165, 1.54) is 0 Å². The Bertz CT molecular complexity index is 1130. The average Bonchev–Trinajstić information content (AvgIpc) is 2.75. The molecule has 3 aromatic carbocycles. The minimum Gasteiger partial charge on any atom is -0.486 e. The van der Waals surface area contributed by atoms with Crippen LogP contribution in [-0.2, 0) is 11.2 Å². The summed E-state index contributed by atoms with van der Waals surface area (Å²) in [6.45, 7) is 0.866. The third-order valence-corrected chi connectivity index (χ3v) is 5.11. The largest absolute Gasteiger partial charge is 0.486 e. The van der Waals surface area contributed by atoms with Crippen LogP contribution in [0, 0.1) is 0 Å². The summed E-state index contributed by atoms with van der Waals surface area (Å²) < 4.78 is 11.1. The van der Waals surface area contributed by atoms with Crippen molar-refractivity contribution >= 4 is 46.4 Å². The second kappa shape index (κ2) is 9.29. The van der Waals surface area contributed by atoms with Gasteiger partial charge in [0.1, 0.15) is 13.2 Å². The van der Waals surface area contributed by atoms with E-state index in [1.54, 1.807) is 60.7 Å². The number of benzene rings is 3. The number of carbonyl (C=O) groups is 2.